The SMILES string of the molecule is CC(C(=O)N(C)CCCOc1ccc(F)cc1)C(N)c1ccccc1.Cl. The van der Waals surface area contributed by atoms with Gasteiger partial charge in [0.25, 0.3) is 0 Å². The Morgan fingerprint density at radius 2 is 1.77 bits per heavy atom. The minimum atomic E-state index is -0.327. The number of hydrogen-bond donors (Lipinski definition) is 1. The van der Waals surface area contributed by atoms with Gasteiger partial charge in [-0.25, -0.2) is 4.39 Å². The highest BCUT2D eigenvalue weighted by Gasteiger charge is 2.24. The van der Waals surface area contributed by atoms with Crippen molar-refractivity contribution in [2.45, 2.75) is 19.4 Å². The van der Waals surface area contributed by atoms with E-state index in [-0.39, 0.29) is 36.1 Å². The number of amides is 1. The molecule has 0 fully saturated rings. The predicted octanol–water partition coefficient (Wildman–Crippen LogP) is 3.81. The number of carbonyl (C=O) groups is 1. The third-order valence-electron chi connectivity index (χ3n) is 4.21. The Morgan fingerprint density at radius 3 is 2.38 bits per heavy atom. The zero-order chi connectivity index (χ0) is 18.2. The lowest BCUT2D eigenvalue weighted by atomic mass is 9.94. The van der Waals surface area contributed by atoms with Crippen LogP contribution in [-0.4, -0.2) is 31.0 Å². The summed E-state index contributed by atoms with van der Waals surface area (Å²) in [5.41, 5.74) is 7.17. The standard InChI is InChI=1S/C20H25FN2O2.ClH/c1-15(19(22)16-7-4-3-5-8-16)20(24)23(2)13-6-14-25-18-11-9-17(21)10-12-18;/h3-5,7-12,15,19H,6,13-14,22H2,1-2H3;1H. The Balaban J connectivity index is 0.00000338. The van der Waals surface area contributed by atoms with Gasteiger partial charge in [-0.3, -0.25) is 4.79 Å². The van der Waals surface area contributed by atoms with Gasteiger partial charge in [0.1, 0.15) is 11.6 Å². The van der Waals surface area contributed by atoms with E-state index in [1.54, 1.807) is 24.1 Å². The van der Waals surface area contributed by atoms with Crippen LogP contribution in [0.15, 0.2) is 54.6 Å². The summed E-state index contributed by atoms with van der Waals surface area (Å²) in [6.45, 7) is 2.89. The molecule has 0 saturated carbocycles. The van der Waals surface area contributed by atoms with E-state index in [2.05, 4.69) is 0 Å². The summed E-state index contributed by atoms with van der Waals surface area (Å²) in [4.78, 5) is 14.2. The average molecular weight is 381 g/mol. The van der Waals surface area contributed by atoms with Crippen molar-refractivity contribution in [3.8, 4) is 5.75 Å². The van der Waals surface area contributed by atoms with Gasteiger partial charge in [0.05, 0.1) is 12.5 Å². The highest BCUT2D eigenvalue weighted by atomic mass is 35.5. The fraction of sp³-hybridized carbons (Fsp3) is 0.350. The number of hydrogen-bond acceptors (Lipinski definition) is 3. The second kappa shape index (κ2) is 10.8. The van der Waals surface area contributed by atoms with E-state index in [9.17, 15) is 9.18 Å². The molecule has 2 aromatic carbocycles. The zero-order valence-corrected chi connectivity index (χ0v) is 15.9. The number of rotatable bonds is 8. The topological polar surface area (TPSA) is 55.6 Å². The van der Waals surface area contributed by atoms with E-state index in [1.807, 2.05) is 37.3 Å². The summed E-state index contributed by atoms with van der Waals surface area (Å²) in [6, 6.07) is 15.2. The fourth-order valence-electron chi connectivity index (χ4n) is 2.60. The van der Waals surface area contributed by atoms with Gasteiger partial charge < -0.3 is 15.4 Å². The summed E-state index contributed by atoms with van der Waals surface area (Å²) in [7, 11) is 1.77. The van der Waals surface area contributed by atoms with Crippen LogP contribution in [0.1, 0.15) is 24.9 Å². The fourth-order valence-corrected chi connectivity index (χ4v) is 2.60. The molecule has 2 N–H and O–H groups in total. The van der Waals surface area contributed by atoms with E-state index in [0.717, 1.165) is 5.56 Å². The molecule has 2 unspecified atom stereocenters. The molecule has 0 heterocycles. The lowest BCUT2D eigenvalue weighted by Gasteiger charge is -2.25. The molecule has 2 atom stereocenters. The Bertz CT molecular complexity index is 667. The maximum absolute atomic E-state index is 12.8. The average Bonchev–Trinajstić information content (AvgIpc) is 2.65. The van der Waals surface area contributed by atoms with Crippen LogP contribution in [-0.2, 0) is 4.79 Å². The molecule has 0 bridgehead atoms. The molecule has 0 saturated heterocycles. The van der Waals surface area contributed by atoms with Gasteiger partial charge >= 0.3 is 0 Å². The van der Waals surface area contributed by atoms with Crippen molar-refractivity contribution >= 4 is 18.3 Å². The van der Waals surface area contributed by atoms with Crippen LogP contribution in [0.3, 0.4) is 0 Å². The summed E-state index contributed by atoms with van der Waals surface area (Å²) in [5.74, 6) is 0.0415. The Hall–Kier alpha value is -2.11. The second-order valence-corrected chi connectivity index (χ2v) is 6.14. The largest absolute Gasteiger partial charge is 0.494 e. The molecule has 0 aliphatic heterocycles. The van der Waals surface area contributed by atoms with E-state index in [0.29, 0.717) is 25.3 Å². The molecule has 0 spiro atoms. The quantitative estimate of drug-likeness (QED) is 0.708. The Morgan fingerprint density at radius 1 is 1.15 bits per heavy atom. The molecular formula is C20H26ClFN2O2. The number of ether oxygens (including phenoxy) is 1. The summed E-state index contributed by atoms with van der Waals surface area (Å²) >= 11 is 0. The molecule has 0 radical (unpaired) electrons. The van der Waals surface area contributed by atoms with Crippen molar-refractivity contribution in [2.75, 3.05) is 20.2 Å². The van der Waals surface area contributed by atoms with E-state index in [4.69, 9.17) is 10.5 Å². The summed E-state index contributed by atoms with van der Waals surface area (Å²) in [5, 5.41) is 0. The third kappa shape index (κ3) is 6.32. The van der Waals surface area contributed by atoms with Crippen LogP contribution < -0.4 is 10.5 Å². The first kappa shape index (κ1) is 21.9. The van der Waals surface area contributed by atoms with E-state index < -0.39 is 0 Å². The lowest BCUT2D eigenvalue weighted by molar-refractivity contribution is -0.134. The van der Waals surface area contributed by atoms with Gasteiger partial charge in [-0.1, -0.05) is 37.3 Å². The first-order valence-corrected chi connectivity index (χ1v) is 8.43. The van der Waals surface area contributed by atoms with Crippen LogP contribution in [0.5, 0.6) is 5.75 Å². The molecule has 4 nitrogen and oxygen atoms in total. The monoisotopic (exact) mass is 380 g/mol. The van der Waals surface area contributed by atoms with Crippen molar-refractivity contribution < 1.29 is 13.9 Å². The molecule has 0 aliphatic carbocycles. The van der Waals surface area contributed by atoms with Gasteiger partial charge in [-0.2, -0.15) is 0 Å². The van der Waals surface area contributed by atoms with Crippen LogP contribution >= 0.6 is 12.4 Å². The molecule has 2 aromatic rings. The summed E-state index contributed by atoms with van der Waals surface area (Å²) < 4.78 is 18.4. The van der Waals surface area contributed by atoms with Gasteiger partial charge in [0.15, 0.2) is 0 Å². The van der Waals surface area contributed by atoms with Crippen LogP contribution in [0.2, 0.25) is 0 Å². The molecule has 0 aromatic heterocycles. The Kier molecular flexibility index (Phi) is 9.10. The molecular weight excluding hydrogens is 355 g/mol. The lowest BCUT2D eigenvalue weighted by Crippen LogP contribution is -2.37. The molecule has 0 aliphatic rings. The zero-order valence-electron chi connectivity index (χ0n) is 15.1. The normalized spacial score (nSPS) is 12.6. The van der Waals surface area contributed by atoms with Crippen LogP contribution in [0.4, 0.5) is 4.39 Å². The highest BCUT2D eigenvalue weighted by molar-refractivity contribution is 5.85. The number of carbonyl (C=O) groups excluding carboxylic acids is 1. The Labute approximate surface area is 160 Å². The first-order chi connectivity index (χ1) is 12.0. The van der Waals surface area contributed by atoms with Crippen molar-refractivity contribution in [2.24, 2.45) is 11.7 Å². The van der Waals surface area contributed by atoms with Gasteiger partial charge in [0.2, 0.25) is 5.91 Å². The minimum absolute atomic E-state index is 0. The maximum atomic E-state index is 12.8. The number of nitrogens with zero attached hydrogens (tertiary/aromatic N) is 1. The molecule has 142 valence electrons. The van der Waals surface area contributed by atoms with Crippen molar-refractivity contribution in [1.29, 1.82) is 0 Å². The molecule has 6 heteroatoms. The number of halogens is 2. The van der Waals surface area contributed by atoms with Gasteiger partial charge in [-0.15, -0.1) is 12.4 Å². The molecule has 2 rings (SSSR count). The van der Waals surface area contributed by atoms with E-state index >= 15 is 0 Å². The van der Waals surface area contributed by atoms with Gasteiger partial charge in [-0.05, 0) is 36.2 Å². The van der Waals surface area contributed by atoms with Crippen molar-refractivity contribution in [1.82, 2.24) is 4.90 Å². The van der Waals surface area contributed by atoms with Crippen LogP contribution in [0, 0.1) is 11.7 Å². The smallest absolute Gasteiger partial charge is 0.227 e. The number of nitrogens with two attached hydrogens (primary N) is 1. The minimum Gasteiger partial charge on any atom is -0.494 e. The van der Waals surface area contributed by atoms with Crippen molar-refractivity contribution in [3.63, 3.8) is 0 Å². The van der Waals surface area contributed by atoms with E-state index in [1.165, 1.54) is 12.1 Å². The van der Waals surface area contributed by atoms with Crippen LogP contribution in [0.25, 0.3) is 0 Å². The second-order valence-electron chi connectivity index (χ2n) is 6.14. The molecule has 26 heavy (non-hydrogen) atoms. The van der Waals surface area contributed by atoms with Gasteiger partial charge in [0, 0.05) is 19.6 Å². The first-order valence-electron chi connectivity index (χ1n) is 8.43. The third-order valence-corrected chi connectivity index (χ3v) is 4.21. The highest BCUT2D eigenvalue weighted by Crippen LogP contribution is 2.20. The maximum Gasteiger partial charge on any atom is 0.227 e. The number of benzene rings is 2. The summed E-state index contributed by atoms with van der Waals surface area (Å²) in [6.07, 6.45) is 0.687. The molecule has 1 amide bonds. The van der Waals surface area contributed by atoms with Crippen molar-refractivity contribution in [3.05, 3.63) is 66.0 Å². The predicted molar refractivity (Wildman–Crippen MR) is 104 cm³/mol.